The molecule has 0 unspecified atom stereocenters. The van der Waals surface area contributed by atoms with Gasteiger partial charge in [-0.3, -0.25) is 4.99 Å². The van der Waals surface area contributed by atoms with Gasteiger partial charge in [-0.1, -0.05) is 134 Å². The van der Waals surface area contributed by atoms with Crippen molar-refractivity contribution >= 4 is 82.4 Å². The number of para-hydroxylation sites is 4. The van der Waals surface area contributed by atoms with Crippen molar-refractivity contribution in [2.45, 2.75) is 6.92 Å². The second-order valence-corrected chi connectivity index (χ2v) is 19.0. The summed E-state index contributed by atoms with van der Waals surface area (Å²) >= 11 is 0. The fourth-order valence-electron chi connectivity index (χ4n) is 11.0. The van der Waals surface area contributed by atoms with Crippen LogP contribution in [0.15, 0.2) is 242 Å². The van der Waals surface area contributed by atoms with Gasteiger partial charge in [0.1, 0.15) is 0 Å². The average molecular weight is 970 g/mol. The smallest absolute Gasteiger partial charge is 0.0998 e. The summed E-state index contributed by atoms with van der Waals surface area (Å²) in [5.41, 5.74) is 17.8. The Morgan fingerprint density at radius 3 is 1.25 bits per heavy atom. The molecule has 0 atom stereocenters. The Hall–Kier alpha value is -10.8. The number of nitrogens with zero attached hydrogens (tertiary/aromatic N) is 7. The van der Waals surface area contributed by atoms with Crippen LogP contribution >= 0.6 is 0 Å². The first-order chi connectivity index (χ1) is 37.4. The van der Waals surface area contributed by atoms with Gasteiger partial charge in [0.15, 0.2) is 0 Å². The zero-order chi connectivity index (χ0) is 51.4. The quantitative estimate of drug-likeness (QED) is 0.106. The first-order valence-electron chi connectivity index (χ1n) is 25.0. The lowest BCUT2D eigenvalue weighted by molar-refractivity contribution is 1.16. The molecule has 13 aromatic rings. The van der Waals surface area contributed by atoms with E-state index in [1.165, 1.54) is 21.5 Å². The molecule has 0 N–H and O–H groups in total. The molecule has 0 bridgehead atoms. The fourth-order valence-corrected chi connectivity index (χ4v) is 11.0. The number of benzene rings is 10. The first-order valence-corrected chi connectivity index (χ1v) is 25.0. The summed E-state index contributed by atoms with van der Waals surface area (Å²) in [4.78, 5) is 5.11. The molecule has 0 amide bonds. The van der Waals surface area contributed by atoms with Crippen LogP contribution in [0, 0.1) is 34.0 Å². The molecule has 13 rings (SSSR count). The van der Waals surface area contributed by atoms with Gasteiger partial charge >= 0.3 is 0 Å². The Morgan fingerprint density at radius 2 is 0.803 bits per heavy atom. The van der Waals surface area contributed by atoms with Crippen LogP contribution in [0.3, 0.4) is 0 Å². The number of hydrogen-bond acceptors (Lipinski definition) is 4. The van der Waals surface area contributed by atoms with E-state index in [1.807, 2.05) is 67.6 Å². The maximum Gasteiger partial charge on any atom is 0.0998 e. The molecule has 3 heterocycles. The van der Waals surface area contributed by atoms with Crippen molar-refractivity contribution in [3.05, 3.63) is 270 Å². The third kappa shape index (κ3) is 7.54. The van der Waals surface area contributed by atoms with Crippen molar-refractivity contribution < 1.29 is 0 Å². The van der Waals surface area contributed by atoms with Gasteiger partial charge in [0, 0.05) is 60.7 Å². The molecular weight excluding hydrogens is 927 g/mol. The average Bonchev–Trinajstić information content (AvgIpc) is 4.13. The predicted octanol–water partition coefficient (Wildman–Crippen LogP) is 16.8. The lowest BCUT2D eigenvalue weighted by Crippen LogP contribution is -1.98. The number of rotatable bonds is 9. The lowest BCUT2D eigenvalue weighted by atomic mass is 9.97. The predicted molar refractivity (Wildman–Crippen MR) is 311 cm³/mol. The van der Waals surface area contributed by atoms with E-state index < -0.39 is 0 Å². The van der Waals surface area contributed by atoms with E-state index >= 15 is 0 Å². The molecule has 0 fully saturated rings. The largest absolute Gasteiger partial charge is 0.309 e. The first kappa shape index (κ1) is 45.1. The monoisotopic (exact) mass is 969 g/mol. The molecule has 0 radical (unpaired) electrons. The van der Waals surface area contributed by atoms with Gasteiger partial charge in [0.05, 0.1) is 73.7 Å². The van der Waals surface area contributed by atoms with E-state index in [0.717, 1.165) is 100 Å². The van der Waals surface area contributed by atoms with E-state index in [-0.39, 0.29) is 0 Å². The zero-order valence-electron chi connectivity index (χ0n) is 41.3. The number of hydrogen-bond donors (Lipinski definition) is 0. The molecule has 10 aromatic carbocycles. The number of nitriles is 3. The number of aromatic nitrogens is 3. The highest BCUT2D eigenvalue weighted by Crippen LogP contribution is 2.40. The maximum atomic E-state index is 10.9. The number of fused-ring (bicyclic) bond motifs is 9. The summed E-state index contributed by atoms with van der Waals surface area (Å²) in [7, 11) is 0. The third-order valence-electron chi connectivity index (χ3n) is 14.7. The van der Waals surface area contributed by atoms with Crippen molar-refractivity contribution in [1.82, 2.24) is 13.7 Å². The van der Waals surface area contributed by atoms with Gasteiger partial charge in [-0.25, -0.2) is 0 Å². The van der Waals surface area contributed by atoms with E-state index in [1.54, 1.807) is 24.3 Å². The molecule has 354 valence electrons. The van der Waals surface area contributed by atoms with Crippen molar-refractivity contribution in [2.75, 3.05) is 0 Å². The van der Waals surface area contributed by atoms with E-state index in [9.17, 15) is 15.8 Å². The minimum atomic E-state index is 0.545. The molecule has 0 spiro atoms. The van der Waals surface area contributed by atoms with Gasteiger partial charge in [-0.15, -0.1) is 0 Å². The molecular formula is C69H43N7. The highest BCUT2D eigenvalue weighted by atomic mass is 15.0. The zero-order valence-corrected chi connectivity index (χ0v) is 41.3. The minimum Gasteiger partial charge on any atom is -0.309 e. The summed E-state index contributed by atoms with van der Waals surface area (Å²) in [6, 6.07) is 83.8. The van der Waals surface area contributed by atoms with Crippen LogP contribution in [-0.2, 0) is 0 Å². The molecule has 7 nitrogen and oxygen atoms in total. The molecule has 0 saturated carbocycles. The second kappa shape index (κ2) is 18.4. The van der Waals surface area contributed by atoms with Crippen molar-refractivity contribution in [2.24, 2.45) is 4.99 Å². The normalized spacial score (nSPS) is 11.9. The summed E-state index contributed by atoms with van der Waals surface area (Å²) in [5, 5.41) is 36.8. The molecule has 0 aliphatic rings. The van der Waals surface area contributed by atoms with Crippen molar-refractivity contribution in [3.63, 3.8) is 0 Å². The molecule has 0 aliphatic carbocycles. The Balaban J connectivity index is 0.937. The topological polar surface area (TPSA) is 98.5 Å². The van der Waals surface area contributed by atoms with Gasteiger partial charge in [-0.2, -0.15) is 15.8 Å². The third-order valence-corrected chi connectivity index (χ3v) is 14.7. The standard InChI is InChI=1S/C69H43N7/c1-44(48-23-19-46(41-70)20-24-48)37-63(73-45(2)49-25-21-47(42-71)22-26-49)51-29-27-50(28-30-51)56-34-31-53(38-52(56)43-72)74-68-35-32-54(75-64-15-7-3-11-57(64)58-12-4-8-16-65(58)75)39-61(68)62-40-55(33-36-69(62)74)76-66-17-9-5-13-59(66)60-14-6-10-18-67(60)76/h3-40H,1H2,2H3/b63-37-,73-45+. The molecule has 76 heavy (non-hydrogen) atoms. The van der Waals surface area contributed by atoms with Crippen molar-refractivity contribution in [1.29, 1.82) is 15.8 Å². The summed E-state index contributed by atoms with van der Waals surface area (Å²) in [5.74, 6) is 0. The number of allylic oxidation sites excluding steroid dienone is 2. The van der Waals surface area contributed by atoms with Gasteiger partial charge in [0.25, 0.3) is 0 Å². The summed E-state index contributed by atoms with van der Waals surface area (Å²) in [6.45, 7) is 6.32. The molecule has 0 saturated heterocycles. The highest BCUT2D eigenvalue weighted by Gasteiger charge is 2.20. The van der Waals surface area contributed by atoms with Gasteiger partial charge in [0.2, 0.25) is 0 Å². The van der Waals surface area contributed by atoms with E-state index in [4.69, 9.17) is 4.99 Å². The number of aliphatic imine (C=N–C) groups is 1. The van der Waals surface area contributed by atoms with Crippen LogP contribution in [0.25, 0.3) is 105 Å². The van der Waals surface area contributed by atoms with Crippen LogP contribution in [0.1, 0.15) is 40.3 Å². The lowest BCUT2D eigenvalue weighted by Gasteiger charge is -2.13. The van der Waals surface area contributed by atoms with Crippen LogP contribution in [0.5, 0.6) is 0 Å². The SMILES string of the molecule is C=C(/C=C(\N=C(/C)c1ccc(C#N)cc1)c1ccc(-c2ccc(-n3c4ccc(-n5c6ccccc6c6ccccc65)cc4c4cc(-n5c6ccccc6c6ccccc65)ccc43)cc2C#N)cc1)c1ccc(C#N)cc1. The molecule has 3 aromatic heterocycles. The Bertz CT molecular complexity index is 4450. The summed E-state index contributed by atoms with van der Waals surface area (Å²) in [6.07, 6.45) is 1.95. The highest BCUT2D eigenvalue weighted by molar-refractivity contribution is 6.14. The Labute approximate surface area is 438 Å². The van der Waals surface area contributed by atoms with Crippen LogP contribution in [0.2, 0.25) is 0 Å². The molecule has 7 heteroatoms. The Morgan fingerprint density at radius 1 is 0.408 bits per heavy atom. The minimum absolute atomic E-state index is 0.545. The van der Waals surface area contributed by atoms with Gasteiger partial charge in [-0.05, 0) is 138 Å². The van der Waals surface area contributed by atoms with Crippen LogP contribution < -0.4 is 0 Å². The van der Waals surface area contributed by atoms with Gasteiger partial charge < -0.3 is 13.7 Å². The van der Waals surface area contributed by atoms with Crippen LogP contribution in [-0.4, -0.2) is 19.4 Å². The maximum absolute atomic E-state index is 10.9. The van der Waals surface area contributed by atoms with Crippen LogP contribution in [0.4, 0.5) is 0 Å². The summed E-state index contributed by atoms with van der Waals surface area (Å²) < 4.78 is 7.02. The fraction of sp³-hybridized carbons (Fsp3) is 0.0145. The Kier molecular flexibility index (Phi) is 10.9. The van der Waals surface area contributed by atoms with E-state index in [2.05, 4.69) is 184 Å². The van der Waals surface area contributed by atoms with E-state index in [0.29, 0.717) is 22.4 Å². The second-order valence-electron chi connectivity index (χ2n) is 19.0. The van der Waals surface area contributed by atoms with Crippen molar-refractivity contribution in [3.8, 4) is 46.4 Å². The molecule has 0 aliphatic heterocycles.